The summed E-state index contributed by atoms with van der Waals surface area (Å²) in [6, 6.07) is 7.80. The van der Waals surface area contributed by atoms with E-state index in [0.29, 0.717) is 0 Å². The Hall–Kier alpha value is -1.88. The Labute approximate surface area is 124 Å². The van der Waals surface area contributed by atoms with Gasteiger partial charge < -0.3 is 14.9 Å². The van der Waals surface area contributed by atoms with Crippen LogP contribution in [0.15, 0.2) is 24.3 Å². The molecule has 0 aliphatic carbocycles. The second-order valence-electron chi connectivity index (χ2n) is 5.95. The van der Waals surface area contributed by atoms with Gasteiger partial charge in [0.25, 0.3) is 0 Å². The first kappa shape index (κ1) is 14.1. The standard InChI is InChI=1S/C16H20N2O3/c1-17-8-6-11(7-9-17)18-14-5-3-2-4-12(14)13(16(18)21)10-15(19)20/h2-5,11,13H,6-10H2,1H3,(H,19,20). The van der Waals surface area contributed by atoms with Gasteiger partial charge in [0, 0.05) is 11.7 Å². The Morgan fingerprint density at radius 3 is 2.62 bits per heavy atom. The normalized spacial score (nSPS) is 23.4. The number of carbonyl (C=O) groups is 2. The summed E-state index contributed by atoms with van der Waals surface area (Å²) in [7, 11) is 2.09. The number of hydrogen-bond donors (Lipinski definition) is 1. The molecular formula is C16H20N2O3. The number of benzene rings is 1. The van der Waals surface area contributed by atoms with E-state index in [0.717, 1.165) is 37.2 Å². The molecule has 1 aromatic rings. The number of amides is 1. The molecule has 1 saturated heterocycles. The van der Waals surface area contributed by atoms with E-state index in [4.69, 9.17) is 5.11 Å². The number of carboxylic acids is 1. The lowest BCUT2D eigenvalue weighted by atomic mass is 9.97. The SMILES string of the molecule is CN1CCC(N2C(=O)C(CC(=O)O)c3ccccc32)CC1. The molecule has 1 N–H and O–H groups in total. The molecule has 1 amide bonds. The first-order valence-corrected chi connectivity index (χ1v) is 7.40. The summed E-state index contributed by atoms with van der Waals surface area (Å²) in [5.74, 6) is -1.50. The molecule has 0 spiro atoms. The number of para-hydroxylation sites is 1. The average Bonchev–Trinajstić information content (AvgIpc) is 2.73. The second kappa shape index (κ2) is 5.48. The van der Waals surface area contributed by atoms with E-state index in [2.05, 4.69) is 11.9 Å². The molecule has 1 fully saturated rings. The van der Waals surface area contributed by atoms with Crippen LogP contribution in [0.1, 0.15) is 30.7 Å². The summed E-state index contributed by atoms with van der Waals surface area (Å²) in [5, 5.41) is 9.07. The van der Waals surface area contributed by atoms with Crippen molar-refractivity contribution in [1.82, 2.24) is 4.90 Å². The zero-order valence-corrected chi connectivity index (χ0v) is 12.2. The maximum Gasteiger partial charge on any atom is 0.304 e. The van der Waals surface area contributed by atoms with Crippen LogP contribution in [0, 0.1) is 0 Å². The molecule has 0 radical (unpaired) electrons. The summed E-state index contributed by atoms with van der Waals surface area (Å²) in [4.78, 5) is 27.9. The average molecular weight is 288 g/mol. The minimum Gasteiger partial charge on any atom is -0.481 e. The fraction of sp³-hybridized carbons (Fsp3) is 0.500. The minimum atomic E-state index is -0.923. The van der Waals surface area contributed by atoms with Crippen molar-refractivity contribution in [3.63, 3.8) is 0 Å². The lowest BCUT2D eigenvalue weighted by molar-refractivity contribution is -0.139. The topological polar surface area (TPSA) is 60.9 Å². The Morgan fingerprint density at radius 2 is 1.95 bits per heavy atom. The van der Waals surface area contributed by atoms with Crippen LogP contribution >= 0.6 is 0 Å². The first-order valence-electron chi connectivity index (χ1n) is 7.40. The van der Waals surface area contributed by atoms with Crippen LogP contribution < -0.4 is 4.90 Å². The molecular weight excluding hydrogens is 268 g/mol. The van der Waals surface area contributed by atoms with Gasteiger partial charge in [-0.15, -0.1) is 0 Å². The third-order valence-electron chi connectivity index (χ3n) is 4.54. The number of likely N-dealkylation sites (tertiary alicyclic amines) is 1. The van der Waals surface area contributed by atoms with Crippen molar-refractivity contribution in [3.05, 3.63) is 29.8 Å². The molecule has 5 nitrogen and oxygen atoms in total. The molecule has 1 unspecified atom stereocenters. The number of hydrogen-bond acceptors (Lipinski definition) is 3. The van der Waals surface area contributed by atoms with Crippen molar-refractivity contribution in [2.45, 2.75) is 31.2 Å². The number of piperidine rings is 1. The highest BCUT2D eigenvalue weighted by Crippen LogP contribution is 2.41. The van der Waals surface area contributed by atoms with E-state index >= 15 is 0 Å². The maximum absolute atomic E-state index is 12.7. The number of carbonyl (C=O) groups excluding carboxylic acids is 1. The maximum atomic E-state index is 12.7. The zero-order chi connectivity index (χ0) is 15.0. The number of anilines is 1. The summed E-state index contributed by atoms with van der Waals surface area (Å²) in [6.45, 7) is 1.94. The Kier molecular flexibility index (Phi) is 3.68. The lowest BCUT2D eigenvalue weighted by Gasteiger charge is -2.35. The van der Waals surface area contributed by atoms with E-state index in [1.165, 1.54) is 0 Å². The van der Waals surface area contributed by atoms with Crippen LogP contribution in [0.3, 0.4) is 0 Å². The van der Waals surface area contributed by atoms with Crippen LogP contribution in [0.2, 0.25) is 0 Å². The highest BCUT2D eigenvalue weighted by molar-refractivity contribution is 6.06. The van der Waals surface area contributed by atoms with E-state index in [1.54, 1.807) is 0 Å². The molecule has 112 valence electrons. The number of aliphatic carboxylic acids is 1. The molecule has 2 aliphatic rings. The van der Waals surface area contributed by atoms with Crippen LogP contribution in [0.4, 0.5) is 5.69 Å². The molecule has 0 bridgehead atoms. The van der Waals surface area contributed by atoms with Gasteiger partial charge in [0.05, 0.1) is 12.3 Å². The summed E-state index contributed by atoms with van der Waals surface area (Å²) in [5.41, 5.74) is 1.77. The van der Waals surface area contributed by atoms with Gasteiger partial charge in [-0.05, 0) is 44.6 Å². The number of nitrogens with zero attached hydrogens (tertiary/aromatic N) is 2. The van der Waals surface area contributed by atoms with Gasteiger partial charge in [-0.2, -0.15) is 0 Å². The largest absolute Gasteiger partial charge is 0.481 e. The van der Waals surface area contributed by atoms with Crippen molar-refractivity contribution in [1.29, 1.82) is 0 Å². The van der Waals surface area contributed by atoms with E-state index in [1.807, 2.05) is 29.2 Å². The van der Waals surface area contributed by atoms with Gasteiger partial charge in [-0.25, -0.2) is 0 Å². The molecule has 1 aromatic carbocycles. The first-order chi connectivity index (χ1) is 10.1. The van der Waals surface area contributed by atoms with Crippen molar-refractivity contribution in [3.8, 4) is 0 Å². The van der Waals surface area contributed by atoms with Gasteiger partial charge in [-0.3, -0.25) is 9.59 Å². The van der Waals surface area contributed by atoms with E-state index in [-0.39, 0.29) is 18.4 Å². The van der Waals surface area contributed by atoms with Gasteiger partial charge in [0.15, 0.2) is 0 Å². The summed E-state index contributed by atoms with van der Waals surface area (Å²) < 4.78 is 0. The number of carboxylic acid groups (broad SMARTS) is 1. The predicted octanol–water partition coefficient (Wildman–Crippen LogP) is 1.69. The van der Waals surface area contributed by atoms with Gasteiger partial charge in [0.2, 0.25) is 5.91 Å². The Balaban J connectivity index is 1.91. The molecule has 5 heteroatoms. The lowest BCUT2D eigenvalue weighted by Crippen LogP contribution is -2.45. The molecule has 3 rings (SSSR count). The van der Waals surface area contributed by atoms with E-state index < -0.39 is 11.9 Å². The van der Waals surface area contributed by atoms with Gasteiger partial charge >= 0.3 is 5.97 Å². The highest BCUT2D eigenvalue weighted by Gasteiger charge is 2.41. The molecule has 1 atom stereocenters. The summed E-state index contributed by atoms with van der Waals surface area (Å²) >= 11 is 0. The smallest absolute Gasteiger partial charge is 0.304 e. The molecule has 2 heterocycles. The van der Waals surface area contributed by atoms with Gasteiger partial charge in [0.1, 0.15) is 0 Å². The highest BCUT2D eigenvalue weighted by atomic mass is 16.4. The van der Waals surface area contributed by atoms with Crippen molar-refractivity contribution >= 4 is 17.6 Å². The quantitative estimate of drug-likeness (QED) is 0.919. The Bertz CT molecular complexity index is 564. The van der Waals surface area contributed by atoms with Crippen LogP contribution in [-0.2, 0) is 9.59 Å². The fourth-order valence-corrected chi connectivity index (χ4v) is 3.42. The van der Waals surface area contributed by atoms with Crippen molar-refractivity contribution < 1.29 is 14.7 Å². The van der Waals surface area contributed by atoms with E-state index in [9.17, 15) is 9.59 Å². The molecule has 21 heavy (non-hydrogen) atoms. The Morgan fingerprint density at radius 1 is 1.29 bits per heavy atom. The minimum absolute atomic E-state index is 0.0480. The second-order valence-corrected chi connectivity index (χ2v) is 5.95. The third kappa shape index (κ3) is 2.53. The molecule has 0 saturated carbocycles. The van der Waals surface area contributed by atoms with Gasteiger partial charge in [-0.1, -0.05) is 18.2 Å². The zero-order valence-electron chi connectivity index (χ0n) is 12.2. The predicted molar refractivity (Wildman–Crippen MR) is 79.4 cm³/mol. The number of rotatable bonds is 3. The van der Waals surface area contributed by atoms with Crippen molar-refractivity contribution in [2.75, 3.05) is 25.0 Å². The van der Waals surface area contributed by atoms with Crippen molar-refractivity contribution in [2.24, 2.45) is 0 Å². The monoisotopic (exact) mass is 288 g/mol. The summed E-state index contributed by atoms with van der Waals surface area (Å²) in [6.07, 6.45) is 1.76. The number of fused-ring (bicyclic) bond motifs is 1. The molecule has 0 aromatic heterocycles. The fourth-order valence-electron chi connectivity index (χ4n) is 3.42. The molecule has 2 aliphatic heterocycles. The van der Waals surface area contributed by atoms with Crippen LogP contribution in [0.25, 0.3) is 0 Å². The van der Waals surface area contributed by atoms with Crippen LogP contribution in [0.5, 0.6) is 0 Å². The third-order valence-corrected chi connectivity index (χ3v) is 4.54. The van der Waals surface area contributed by atoms with Crippen LogP contribution in [-0.4, -0.2) is 48.1 Å².